The van der Waals surface area contributed by atoms with Crippen LogP contribution in [0.4, 0.5) is 0 Å². The van der Waals surface area contributed by atoms with Crippen molar-refractivity contribution >= 4 is 5.91 Å². The molecule has 98 valence electrons. The number of methoxy groups -OCH3 is 2. The van der Waals surface area contributed by atoms with E-state index in [9.17, 15) is 9.90 Å². The highest BCUT2D eigenvalue weighted by atomic mass is 16.5. The number of aliphatic hydroxyl groups excluding tert-OH is 1. The molecular formula is C13H17NO4. The highest BCUT2D eigenvalue weighted by molar-refractivity contribution is 5.83. The van der Waals surface area contributed by atoms with Gasteiger partial charge in [0.25, 0.3) is 5.91 Å². The highest BCUT2D eigenvalue weighted by Gasteiger charge is 2.37. The van der Waals surface area contributed by atoms with Gasteiger partial charge in [-0.05, 0) is 17.7 Å². The molecule has 5 nitrogen and oxygen atoms in total. The Labute approximate surface area is 106 Å². The van der Waals surface area contributed by atoms with Gasteiger partial charge in [-0.15, -0.1) is 0 Å². The van der Waals surface area contributed by atoms with E-state index in [1.165, 1.54) is 0 Å². The first-order valence-corrected chi connectivity index (χ1v) is 5.74. The standard InChI is InChI=1S/C13H17NO4/c1-14-11(7-12(15)13(14)16)8-4-9(17-2)6-10(5-8)18-3/h4-6,11-12,15H,7H2,1-3H3/t11-,12-/m1/s1. The summed E-state index contributed by atoms with van der Waals surface area (Å²) in [7, 11) is 4.85. The zero-order valence-corrected chi connectivity index (χ0v) is 10.7. The molecule has 1 saturated heterocycles. The van der Waals surface area contributed by atoms with Crippen molar-refractivity contribution in [2.45, 2.75) is 18.6 Å². The van der Waals surface area contributed by atoms with Gasteiger partial charge >= 0.3 is 0 Å². The molecule has 1 amide bonds. The number of ether oxygens (including phenoxy) is 2. The normalized spacial score (nSPS) is 23.3. The molecule has 1 N–H and O–H groups in total. The molecule has 0 aliphatic carbocycles. The van der Waals surface area contributed by atoms with Gasteiger partial charge in [-0.3, -0.25) is 4.79 Å². The predicted molar refractivity (Wildman–Crippen MR) is 65.7 cm³/mol. The first-order chi connectivity index (χ1) is 8.56. The minimum Gasteiger partial charge on any atom is -0.497 e. The fourth-order valence-corrected chi connectivity index (χ4v) is 2.24. The molecule has 0 aromatic heterocycles. The second-order valence-corrected chi connectivity index (χ2v) is 4.36. The van der Waals surface area contributed by atoms with Crippen molar-refractivity contribution in [3.8, 4) is 11.5 Å². The first-order valence-electron chi connectivity index (χ1n) is 5.74. The average Bonchev–Trinajstić information content (AvgIpc) is 2.65. The summed E-state index contributed by atoms with van der Waals surface area (Å²) in [5, 5.41) is 9.60. The van der Waals surface area contributed by atoms with Crippen molar-refractivity contribution in [1.82, 2.24) is 4.90 Å². The van der Waals surface area contributed by atoms with Crippen LogP contribution in [0.5, 0.6) is 11.5 Å². The van der Waals surface area contributed by atoms with Crippen molar-refractivity contribution in [3.05, 3.63) is 23.8 Å². The maximum atomic E-state index is 11.6. The second kappa shape index (κ2) is 4.86. The molecule has 1 aliphatic rings. The molecule has 1 aliphatic heterocycles. The van der Waals surface area contributed by atoms with Gasteiger partial charge < -0.3 is 19.5 Å². The molecule has 5 heteroatoms. The van der Waals surface area contributed by atoms with Crippen LogP contribution in [0.1, 0.15) is 18.0 Å². The summed E-state index contributed by atoms with van der Waals surface area (Å²) in [5.41, 5.74) is 0.901. The smallest absolute Gasteiger partial charge is 0.251 e. The van der Waals surface area contributed by atoms with Crippen LogP contribution < -0.4 is 9.47 Å². The largest absolute Gasteiger partial charge is 0.497 e. The number of likely N-dealkylation sites (N-methyl/N-ethyl adjacent to an activating group) is 1. The molecule has 2 rings (SSSR count). The lowest BCUT2D eigenvalue weighted by Crippen LogP contribution is -2.26. The Hall–Kier alpha value is -1.75. The summed E-state index contributed by atoms with van der Waals surface area (Å²) in [6.07, 6.45) is -0.525. The fourth-order valence-electron chi connectivity index (χ4n) is 2.24. The van der Waals surface area contributed by atoms with E-state index in [0.717, 1.165) is 5.56 Å². The zero-order valence-electron chi connectivity index (χ0n) is 10.7. The van der Waals surface area contributed by atoms with E-state index in [4.69, 9.17) is 9.47 Å². The Morgan fingerprint density at radius 1 is 1.22 bits per heavy atom. The van der Waals surface area contributed by atoms with Gasteiger partial charge in [0.2, 0.25) is 0 Å². The average molecular weight is 251 g/mol. The van der Waals surface area contributed by atoms with Gasteiger partial charge in [0, 0.05) is 19.5 Å². The van der Waals surface area contributed by atoms with Gasteiger partial charge in [-0.1, -0.05) is 0 Å². The number of carbonyl (C=O) groups is 1. The van der Waals surface area contributed by atoms with Crippen molar-refractivity contribution in [2.24, 2.45) is 0 Å². The maximum absolute atomic E-state index is 11.6. The minimum atomic E-state index is -0.919. The van der Waals surface area contributed by atoms with E-state index in [-0.39, 0.29) is 11.9 Å². The highest BCUT2D eigenvalue weighted by Crippen LogP contribution is 2.35. The van der Waals surface area contributed by atoms with E-state index in [1.807, 2.05) is 12.1 Å². The number of nitrogens with zero attached hydrogens (tertiary/aromatic N) is 1. The molecule has 1 heterocycles. The van der Waals surface area contributed by atoms with Crippen molar-refractivity contribution < 1.29 is 19.4 Å². The quantitative estimate of drug-likeness (QED) is 0.869. The minimum absolute atomic E-state index is 0.142. The molecule has 1 aromatic rings. The number of rotatable bonds is 3. The Bertz CT molecular complexity index is 438. The number of amides is 1. The summed E-state index contributed by atoms with van der Waals surface area (Å²) < 4.78 is 10.4. The third kappa shape index (κ3) is 2.13. The summed E-state index contributed by atoms with van der Waals surface area (Å²) in [6.45, 7) is 0. The Morgan fingerprint density at radius 2 is 1.78 bits per heavy atom. The van der Waals surface area contributed by atoms with Crippen LogP contribution in [-0.2, 0) is 4.79 Å². The molecular weight excluding hydrogens is 234 g/mol. The summed E-state index contributed by atoms with van der Waals surface area (Å²) in [6, 6.07) is 5.34. The molecule has 0 unspecified atom stereocenters. The summed E-state index contributed by atoms with van der Waals surface area (Å²) >= 11 is 0. The Morgan fingerprint density at radius 3 is 2.17 bits per heavy atom. The molecule has 0 spiro atoms. The zero-order chi connectivity index (χ0) is 13.3. The van der Waals surface area contributed by atoms with Crippen molar-refractivity contribution in [3.63, 3.8) is 0 Å². The molecule has 2 atom stereocenters. The fraction of sp³-hybridized carbons (Fsp3) is 0.462. The van der Waals surface area contributed by atoms with E-state index >= 15 is 0 Å². The van der Waals surface area contributed by atoms with Gasteiger partial charge in [0.05, 0.1) is 20.3 Å². The van der Waals surface area contributed by atoms with Crippen LogP contribution in [0, 0.1) is 0 Å². The lowest BCUT2D eigenvalue weighted by molar-refractivity contribution is -0.134. The van der Waals surface area contributed by atoms with E-state index in [1.54, 1.807) is 32.2 Å². The Balaban J connectivity index is 2.36. The summed E-state index contributed by atoms with van der Waals surface area (Å²) in [5.74, 6) is 1.10. The third-order valence-electron chi connectivity index (χ3n) is 3.31. The van der Waals surface area contributed by atoms with Gasteiger partial charge in [-0.2, -0.15) is 0 Å². The van der Waals surface area contributed by atoms with Crippen LogP contribution in [0.3, 0.4) is 0 Å². The Kier molecular flexibility index (Phi) is 3.43. The molecule has 1 fully saturated rings. The SMILES string of the molecule is COc1cc(OC)cc([C@H]2C[C@@H](O)C(=O)N2C)c1. The van der Waals surface area contributed by atoms with Crippen LogP contribution >= 0.6 is 0 Å². The summed E-state index contributed by atoms with van der Waals surface area (Å²) in [4.78, 5) is 13.2. The van der Waals surface area contributed by atoms with Crippen molar-refractivity contribution in [1.29, 1.82) is 0 Å². The number of aliphatic hydroxyl groups is 1. The first kappa shape index (κ1) is 12.7. The number of benzene rings is 1. The topological polar surface area (TPSA) is 59.0 Å². The van der Waals surface area contributed by atoms with E-state index in [0.29, 0.717) is 17.9 Å². The molecule has 1 aromatic carbocycles. The van der Waals surface area contributed by atoms with E-state index < -0.39 is 6.10 Å². The number of carbonyl (C=O) groups excluding carboxylic acids is 1. The van der Waals surface area contributed by atoms with Gasteiger partial charge in [0.1, 0.15) is 17.6 Å². The number of hydrogen-bond acceptors (Lipinski definition) is 4. The lowest BCUT2D eigenvalue weighted by atomic mass is 10.0. The van der Waals surface area contributed by atoms with Gasteiger partial charge in [-0.25, -0.2) is 0 Å². The monoisotopic (exact) mass is 251 g/mol. The van der Waals surface area contributed by atoms with Crippen molar-refractivity contribution in [2.75, 3.05) is 21.3 Å². The third-order valence-corrected chi connectivity index (χ3v) is 3.31. The van der Waals surface area contributed by atoms with Gasteiger partial charge in [0.15, 0.2) is 0 Å². The molecule has 0 bridgehead atoms. The van der Waals surface area contributed by atoms with Crippen LogP contribution in [-0.4, -0.2) is 43.3 Å². The molecule has 0 radical (unpaired) electrons. The van der Waals surface area contributed by atoms with E-state index in [2.05, 4.69) is 0 Å². The molecule has 18 heavy (non-hydrogen) atoms. The predicted octanol–water partition coefficient (Wildman–Crippen LogP) is 0.968. The molecule has 0 saturated carbocycles. The van der Waals surface area contributed by atoms with Crippen LogP contribution in [0.25, 0.3) is 0 Å². The second-order valence-electron chi connectivity index (χ2n) is 4.36. The number of hydrogen-bond donors (Lipinski definition) is 1. The van der Waals surface area contributed by atoms with Crippen LogP contribution in [0.2, 0.25) is 0 Å². The van der Waals surface area contributed by atoms with Crippen LogP contribution in [0.15, 0.2) is 18.2 Å². The number of likely N-dealkylation sites (tertiary alicyclic amines) is 1. The lowest BCUT2D eigenvalue weighted by Gasteiger charge is -2.20. The maximum Gasteiger partial charge on any atom is 0.251 e.